The average Bonchev–Trinajstić information content (AvgIpc) is 2.39. The van der Waals surface area contributed by atoms with Crippen LogP contribution in [0.3, 0.4) is 0 Å². The number of aryl methyl sites for hydroxylation is 1. The van der Waals surface area contributed by atoms with E-state index in [4.69, 9.17) is 0 Å². The zero-order valence-electron chi connectivity index (χ0n) is 11.7. The van der Waals surface area contributed by atoms with E-state index >= 15 is 0 Å². The Labute approximate surface area is 114 Å². The van der Waals surface area contributed by atoms with E-state index in [2.05, 4.69) is 22.9 Å². The monoisotopic (exact) mass is 262 g/mol. The van der Waals surface area contributed by atoms with Gasteiger partial charge in [-0.1, -0.05) is 19.4 Å². The number of nitrogens with zero attached hydrogens (tertiary/aromatic N) is 2. The third kappa shape index (κ3) is 3.53. The van der Waals surface area contributed by atoms with Crippen LogP contribution in [0.15, 0.2) is 18.5 Å². The van der Waals surface area contributed by atoms with E-state index in [0.29, 0.717) is 12.5 Å². The number of likely N-dealkylation sites (tertiary alicyclic amines) is 1. The Morgan fingerprint density at radius 1 is 1.53 bits per heavy atom. The lowest BCUT2D eigenvalue weighted by molar-refractivity contribution is -0.145. The van der Waals surface area contributed by atoms with E-state index in [1.165, 1.54) is 0 Å². The van der Waals surface area contributed by atoms with Gasteiger partial charge in [-0.3, -0.25) is 14.7 Å². The van der Waals surface area contributed by atoms with Crippen LogP contribution in [0.5, 0.6) is 0 Å². The van der Waals surface area contributed by atoms with Crippen LogP contribution in [0, 0.1) is 12.8 Å². The second kappa shape index (κ2) is 6.15. The summed E-state index contributed by atoms with van der Waals surface area (Å²) in [6.07, 6.45) is 6.59. The van der Waals surface area contributed by atoms with Crippen LogP contribution in [0.1, 0.15) is 37.3 Å². The number of hydrogen-bond donors (Lipinski definition) is 1. The molecule has 2 heterocycles. The average molecular weight is 262 g/mol. The molecule has 0 amide bonds. The van der Waals surface area contributed by atoms with E-state index in [-0.39, 0.29) is 6.04 Å². The summed E-state index contributed by atoms with van der Waals surface area (Å²) in [5.74, 6) is -0.147. The van der Waals surface area contributed by atoms with Crippen LogP contribution in [0.25, 0.3) is 0 Å². The number of pyridine rings is 1. The van der Waals surface area contributed by atoms with Gasteiger partial charge in [-0.05, 0) is 43.4 Å². The molecule has 0 saturated carbocycles. The van der Waals surface area contributed by atoms with Gasteiger partial charge in [0.1, 0.15) is 6.04 Å². The molecule has 1 aromatic heterocycles. The van der Waals surface area contributed by atoms with Gasteiger partial charge in [0, 0.05) is 18.9 Å². The van der Waals surface area contributed by atoms with Crippen molar-refractivity contribution in [2.24, 2.45) is 5.92 Å². The Kier molecular flexibility index (Phi) is 4.53. The molecule has 2 rings (SSSR count). The SMILES string of the molecule is CCC1CCN(Cc2cncc(C)c2)C(C(=O)O)C1. The number of piperidine rings is 1. The van der Waals surface area contributed by atoms with E-state index < -0.39 is 5.97 Å². The van der Waals surface area contributed by atoms with Crippen molar-refractivity contribution in [1.29, 1.82) is 0 Å². The van der Waals surface area contributed by atoms with Crippen LogP contribution < -0.4 is 0 Å². The van der Waals surface area contributed by atoms with Crippen LogP contribution in [0.4, 0.5) is 0 Å². The van der Waals surface area contributed by atoms with Crippen molar-refractivity contribution in [2.75, 3.05) is 6.54 Å². The maximum atomic E-state index is 11.4. The zero-order chi connectivity index (χ0) is 13.8. The van der Waals surface area contributed by atoms with Crippen molar-refractivity contribution >= 4 is 5.97 Å². The molecule has 0 aromatic carbocycles. The molecule has 19 heavy (non-hydrogen) atoms. The van der Waals surface area contributed by atoms with Crippen LogP contribution in [-0.4, -0.2) is 33.5 Å². The predicted octanol–water partition coefficient (Wildman–Crippen LogP) is 2.47. The van der Waals surface area contributed by atoms with Gasteiger partial charge in [0.25, 0.3) is 0 Å². The number of aliphatic carboxylic acids is 1. The first-order valence-corrected chi connectivity index (χ1v) is 6.97. The lowest BCUT2D eigenvalue weighted by Crippen LogP contribution is -2.46. The molecule has 1 aliphatic rings. The minimum absolute atomic E-state index is 0.348. The summed E-state index contributed by atoms with van der Waals surface area (Å²) in [5.41, 5.74) is 2.22. The highest BCUT2D eigenvalue weighted by Crippen LogP contribution is 2.26. The highest BCUT2D eigenvalue weighted by molar-refractivity contribution is 5.73. The van der Waals surface area contributed by atoms with Gasteiger partial charge in [-0.15, -0.1) is 0 Å². The van der Waals surface area contributed by atoms with Crippen molar-refractivity contribution in [3.05, 3.63) is 29.6 Å². The molecule has 104 valence electrons. The maximum absolute atomic E-state index is 11.4. The quantitative estimate of drug-likeness (QED) is 0.905. The van der Waals surface area contributed by atoms with E-state index in [1.54, 1.807) is 0 Å². The number of carbonyl (C=O) groups is 1. The molecule has 2 unspecified atom stereocenters. The summed E-state index contributed by atoms with van der Waals surface area (Å²) in [7, 11) is 0. The second-order valence-corrected chi connectivity index (χ2v) is 5.49. The van der Waals surface area contributed by atoms with Gasteiger partial charge in [0.15, 0.2) is 0 Å². The molecular weight excluding hydrogens is 240 g/mol. The largest absolute Gasteiger partial charge is 0.480 e. The summed E-state index contributed by atoms with van der Waals surface area (Å²) >= 11 is 0. The Morgan fingerprint density at radius 2 is 2.32 bits per heavy atom. The topological polar surface area (TPSA) is 53.4 Å². The summed E-state index contributed by atoms with van der Waals surface area (Å²) in [6.45, 7) is 5.70. The summed E-state index contributed by atoms with van der Waals surface area (Å²) in [4.78, 5) is 17.7. The first kappa shape index (κ1) is 14.0. The Bertz CT molecular complexity index is 448. The number of carboxylic acids is 1. The van der Waals surface area contributed by atoms with Gasteiger partial charge in [0.2, 0.25) is 0 Å². The molecule has 2 atom stereocenters. The fourth-order valence-corrected chi connectivity index (χ4v) is 2.84. The van der Waals surface area contributed by atoms with Crippen molar-refractivity contribution < 1.29 is 9.90 Å². The molecule has 4 heteroatoms. The highest BCUT2D eigenvalue weighted by Gasteiger charge is 2.32. The molecule has 1 aliphatic heterocycles. The van der Waals surface area contributed by atoms with E-state index in [9.17, 15) is 9.90 Å². The van der Waals surface area contributed by atoms with Crippen molar-refractivity contribution in [3.8, 4) is 0 Å². The molecule has 1 saturated heterocycles. The summed E-state index contributed by atoms with van der Waals surface area (Å²) < 4.78 is 0. The van der Waals surface area contributed by atoms with Crippen molar-refractivity contribution in [2.45, 2.75) is 45.7 Å². The Balaban J connectivity index is 2.07. The van der Waals surface area contributed by atoms with Gasteiger partial charge in [0.05, 0.1) is 0 Å². The smallest absolute Gasteiger partial charge is 0.320 e. The molecule has 1 aromatic rings. The number of aromatic nitrogens is 1. The molecule has 0 radical (unpaired) electrons. The Hall–Kier alpha value is -1.42. The lowest BCUT2D eigenvalue weighted by atomic mass is 9.88. The lowest BCUT2D eigenvalue weighted by Gasteiger charge is -2.36. The highest BCUT2D eigenvalue weighted by atomic mass is 16.4. The van der Waals surface area contributed by atoms with Gasteiger partial charge in [-0.25, -0.2) is 0 Å². The molecular formula is C15H22N2O2. The molecule has 0 bridgehead atoms. The van der Waals surface area contributed by atoms with Crippen molar-refractivity contribution in [3.63, 3.8) is 0 Å². The zero-order valence-corrected chi connectivity index (χ0v) is 11.7. The predicted molar refractivity (Wildman–Crippen MR) is 73.8 cm³/mol. The molecule has 0 aliphatic carbocycles. The van der Waals surface area contributed by atoms with Gasteiger partial charge in [-0.2, -0.15) is 0 Å². The second-order valence-electron chi connectivity index (χ2n) is 5.49. The van der Waals surface area contributed by atoms with Gasteiger partial charge >= 0.3 is 5.97 Å². The third-order valence-corrected chi connectivity index (χ3v) is 4.00. The van der Waals surface area contributed by atoms with Crippen molar-refractivity contribution in [1.82, 2.24) is 9.88 Å². The first-order valence-electron chi connectivity index (χ1n) is 6.97. The van der Waals surface area contributed by atoms with Gasteiger partial charge < -0.3 is 5.11 Å². The van der Waals surface area contributed by atoms with Crippen LogP contribution >= 0.6 is 0 Å². The minimum atomic E-state index is -0.696. The molecule has 0 spiro atoms. The number of rotatable bonds is 4. The first-order chi connectivity index (χ1) is 9.10. The normalized spacial score (nSPS) is 24.3. The standard InChI is InChI=1S/C15H22N2O2/c1-3-12-4-5-17(14(7-12)15(18)19)10-13-6-11(2)8-16-9-13/h6,8-9,12,14H,3-5,7,10H2,1-2H3,(H,18,19). The fraction of sp³-hybridized carbons (Fsp3) is 0.600. The number of carboxylic acid groups (broad SMARTS) is 1. The van der Waals surface area contributed by atoms with Crippen LogP contribution in [0.2, 0.25) is 0 Å². The Morgan fingerprint density at radius 3 is 2.95 bits per heavy atom. The summed E-state index contributed by atoms with van der Waals surface area (Å²) in [6, 6.07) is 1.73. The van der Waals surface area contributed by atoms with Crippen LogP contribution in [-0.2, 0) is 11.3 Å². The fourth-order valence-electron chi connectivity index (χ4n) is 2.84. The maximum Gasteiger partial charge on any atom is 0.320 e. The van der Waals surface area contributed by atoms with E-state index in [0.717, 1.165) is 36.9 Å². The molecule has 1 fully saturated rings. The van der Waals surface area contributed by atoms with E-state index in [1.807, 2.05) is 19.3 Å². The molecule has 4 nitrogen and oxygen atoms in total. The number of hydrogen-bond acceptors (Lipinski definition) is 3. The minimum Gasteiger partial charge on any atom is -0.480 e. The third-order valence-electron chi connectivity index (χ3n) is 4.00. The molecule has 1 N–H and O–H groups in total. The summed E-state index contributed by atoms with van der Waals surface area (Å²) in [5, 5.41) is 9.40.